The molecule has 0 spiro atoms. The summed E-state index contributed by atoms with van der Waals surface area (Å²) < 4.78 is 17.9. The van der Waals surface area contributed by atoms with Gasteiger partial charge in [0.2, 0.25) is 5.89 Å². The van der Waals surface area contributed by atoms with Gasteiger partial charge >= 0.3 is 5.97 Å². The van der Waals surface area contributed by atoms with Crippen LogP contribution < -0.4 is 0 Å². The topological polar surface area (TPSA) is 63.3 Å². The molecule has 0 bridgehead atoms. The number of carboxylic acids is 1. The molecule has 1 aromatic heterocycles. The minimum atomic E-state index is -1.09. The Morgan fingerprint density at radius 3 is 3.07 bits per heavy atom. The van der Waals surface area contributed by atoms with E-state index in [-0.39, 0.29) is 5.89 Å². The highest BCUT2D eigenvalue weighted by molar-refractivity contribution is 5.85. The van der Waals surface area contributed by atoms with E-state index in [0.29, 0.717) is 11.1 Å². The van der Waals surface area contributed by atoms with Gasteiger partial charge in [0, 0.05) is 18.2 Å². The maximum absolute atomic E-state index is 12.8. The highest BCUT2D eigenvalue weighted by Crippen LogP contribution is 2.17. The predicted molar refractivity (Wildman–Crippen MR) is 50.6 cm³/mol. The molecule has 1 heterocycles. The molecule has 2 rings (SSSR count). The highest BCUT2D eigenvalue weighted by Gasteiger charge is 2.04. The van der Waals surface area contributed by atoms with Gasteiger partial charge in [-0.1, -0.05) is 0 Å². The predicted octanol–water partition coefficient (Wildman–Crippen LogP) is 2.06. The van der Waals surface area contributed by atoms with E-state index >= 15 is 0 Å². The number of aromatic nitrogens is 1. The lowest BCUT2D eigenvalue weighted by Gasteiger charge is -1.84. The summed E-state index contributed by atoms with van der Waals surface area (Å²) in [5, 5.41) is 8.38. The molecule has 0 saturated carbocycles. The number of carbonyl (C=O) groups is 1. The fourth-order valence-corrected chi connectivity index (χ4v) is 1.13. The maximum Gasteiger partial charge on any atom is 0.328 e. The van der Waals surface area contributed by atoms with Crippen LogP contribution in [0.5, 0.6) is 0 Å². The van der Waals surface area contributed by atoms with Gasteiger partial charge in [0.25, 0.3) is 0 Å². The standard InChI is InChI=1S/C10H6FNO3/c11-6-1-2-8-7(5-6)12-9(15-8)3-4-10(13)14/h1-5H,(H,13,14)/b4-3+. The molecule has 4 nitrogen and oxygen atoms in total. The zero-order valence-electron chi connectivity index (χ0n) is 7.48. The van der Waals surface area contributed by atoms with E-state index in [1.807, 2.05) is 0 Å². The Labute approximate surface area is 83.7 Å². The number of hydrogen-bond acceptors (Lipinski definition) is 3. The molecular weight excluding hydrogens is 201 g/mol. The van der Waals surface area contributed by atoms with Gasteiger partial charge in [-0.05, 0) is 12.1 Å². The van der Waals surface area contributed by atoms with E-state index in [0.717, 1.165) is 6.08 Å². The molecule has 0 amide bonds. The van der Waals surface area contributed by atoms with Crippen LogP contribution in [0.3, 0.4) is 0 Å². The second-order valence-corrected chi connectivity index (χ2v) is 2.84. The van der Waals surface area contributed by atoms with E-state index in [4.69, 9.17) is 9.52 Å². The van der Waals surface area contributed by atoms with Gasteiger partial charge in [0.1, 0.15) is 11.3 Å². The number of oxazole rings is 1. The van der Waals surface area contributed by atoms with E-state index in [1.54, 1.807) is 0 Å². The van der Waals surface area contributed by atoms with Crippen molar-refractivity contribution >= 4 is 23.1 Å². The molecule has 0 atom stereocenters. The quantitative estimate of drug-likeness (QED) is 0.765. The Hall–Kier alpha value is -2.17. The number of hydrogen-bond donors (Lipinski definition) is 1. The molecular formula is C10H6FNO3. The van der Waals surface area contributed by atoms with Crippen LogP contribution in [0.1, 0.15) is 5.89 Å². The first-order valence-electron chi connectivity index (χ1n) is 4.12. The minimum absolute atomic E-state index is 0.137. The van der Waals surface area contributed by atoms with Crippen molar-refractivity contribution in [3.05, 3.63) is 36.0 Å². The molecule has 0 saturated heterocycles. The third-order valence-corrected chi connectivity index (χ3v) is 1.73. The van der Waals surface area contributed by atoms with E-state index in [9.17, 15) is 9.18 Å². The molecule has 0 unspecified atom stereocenters. The van der Waals surface area contributed by atoms with Gasteiger partial charge in [-0.2, -0.15) is 0 Å². The second kappa shape index (κ2) is 3.53. The van der Waals surface area contributed by atoms with Crippen molar-refractivity contribution < 1.29 is 18.7 Å². The second-order valence-electron chi connectivity index (χ2n) is 2.84. The third-order valence-electron chi connectivity index (χ3n) is 1.73. The van der Waals surface area contributed by atoms with E-state index in [1.165, 1.54) is 24.3 Å². The number of aliphatic carboxylic acids is 1. The number of benzene rings is 1. The Bertz CT molecular complexity index is 545. The zero-order chi connectivity index (χ0) is 10.8. The van der Waals surface area contributed by atoms with Gasteiger partial charge in [0.15, 0.2) is 5.58 Å². The smallest absolute Gasteiger partial charge is 0.328 e. The lowest BCUT2D eigenvalue weighted by Crippen LogP contribution is -1.85. The summed E-state index contributed by atoms with van der Waals surface area (Å²) in [5.41, 5.74) is 0.779. The van der Waals surface area contributed by atoms with Crippen molar-refractivity contribution in [1.29, 1.82) is 0 Å². The molecule has 0 radical (unpaired) electrons. The van der Waals surface area contributed by atoms with Gasteiger partial charge in [-0.15, -0.1) is 0 Å². The number of rotatable bonds is 2. The minimum Gasteiger partial charge on any atom is -0.478 e. The number of carboxylic acid groups (broad SMARTS) is 1. The normalized spacial score (nSPS) is 11.3. The van der Waals surface area contributed by atoms with Crippen molar-refractivity contribution in [2.45, 2.75) is 0 Å². The lowest BCUT2D eigenvalue weighted by molar-refractivity contribution is -0.131. The Morgan fingerprint density at radius 2 is 2.33 bits per heavy atom. The average molecular weight is 207 g/mol. The molecule has 0 fully saturated rings. The number of halogens is 1. The summed E-state index contributed by atoms with van der Waals surface area (Å²) in [6, 6.07) is 3.91. The SMILES string of the molecule is O=C(O)/C=C/c1nc2cc(F)ccc2o1. The average Bonchev–Trinajstić information content (AvgIpc) is 2.56. The number of fused-ring (bicyclic) bond motifs is 1. The first-order chi connectivity index (χ1) is 7.15. The molecule has 76 valence electrons. The maximum atomic E-state index is 12.8. The van der Waals surface area contributed by atoms with Gasteiger partial charge in [-0.3, -0.25) is 0 Å². The largest absolute Gasteiger partial charge is 0.478 e. The van der Waals surface area contributed by atoms with Crippen molar-refractivity contribution in [3.8, 4) is 0 Å². The Balaban J connectivity index is 2.43. The van der Waals surface area contributed by atoms with Crippen molar-refractivity contribution in [2.75, 3.05) is 0 Å². The van der Waals surface area contributed by atoms with Crippen LogP contribution in [-0.2, 0) is 4.79 Å². The first kappa shape index (κ1) is 9.39. The third kappa shape index (κ3) is 2.01. The molecule has 0 aliphatic rings. The van der Waals surface area contributed by atoms with Gasteiger partial charge in [-0.25, -0.2) is 14.2 Å². The summed E-state index contributed by atoms with van der Waals surface area (Å²) in [5.74, 6) is -1.37. The summed E-state index contributed by atoms with van der Waals surface area (Å²) in [4.78, 5) is 14.1. The molecule has 15 heavy (non-hydrogen) atoms. The summed E-state index contributed by atoms with van der Waals surface area (Å²) in [7, 11) is 0. The molecule has 0 aliphatic heterocycles. The van der Waals surface area contributed by atoms with Crippen molar-refractivity contribution in [2.24, 2.45) is 0 Å². The summed E-state index contributed by atoms with van der Waals surface area (Å²) in [6.45, 7) is 0. The fraction of sp³-hybridized carbons (Fsp3) is 0. The Kier molecular flexibility index (Phi) is 2.21. The summed E-state index contributed by atoms with van der Waals surface area (Å²) >= 11 is 0. The van der Waals surface area contributed by atoms with Crippen molar-refractivity contribution in [3.63, 3.8) is 0 Å². The van der Waals surface area contributed by atoms with E-state index < -0.39 is 11.8 Å². The van der Waals surface area contributed by atoms with Gasteiger partial charge in [0.05, 0.1) is 0 Å². The summed E-state index contributed by atoms with van der Waals surface area (Å²) in [6.07, 6.45) is 2.11. The van der Waals surface area contributed by atoms with Crippen LogP contribution >= 0.6 is 0 Å². The molecule has 5 heteroatoms. The highest BCUT2D eigenvalue weighted by atomic mass is 19.1. The van der Waals surface area contributed by atoms with Crippen molar-refractivity contribution in [1.82, 2.24) is 4.98 Å². The van der Waals surface area contributed by atoms with Crippen LogP contribution in [0.2, 0.25) is 0 Å². The Morgan fingerprint density at radius 1 is 1.53 bits per heavy atom. The number of nitrogens with zero attached hydrogens (tertiary/aromatic N) is 1. The molecule has 1 aromatic carbocycles. The lowest BCUT2D eigenvalue weighted by atomic mass is 10.3. The van der Waals surface area contributed by atoms with Gasteiger partial charge < -0.3 is 9.52 Å². The van der Waals surface area contributed by atoms with E-state index in [2.05, 4.69) is 4.98 Å². The van der Waals surface area contributed by atoms with Crippen LogP contribution in [-0.4, -0.2) is 16.1 Å². The fourth-order valence-electron chi connectivity index (χ4n) is 1.13. The first-order valence-corrected chi connectivity index (χ1v) is 4.12. The zero-order valence-corrected chi connectivity index (χ0v) is 7.48. The monoisotopic (exact) mass is 207 g/mol. The van der Waals surface area contributed by atoms with Crippen LogP contribution in [0.25, 0.3) is 17.2 Å². The molecule has 2 aromatic rings. The molecule has 0 aliphatic carbocycles. The molecule has 1 N–H and O–H groups in total. The van der Waals surface area contributed by atoms with Crippen LogP contribution in [0.4, 0.5) is 4.39 Å². The van der Waals surface area contributed by atoms with Crippen LogP contribution in [0.15, 0.2) is 28.7 Å². The van der Waals surface area contributed by atoms with Crippen LogP contribution in [0, 0.1) is 5.82 Å².